The highest BCUT2D eigenvalue weighted by molar-refractivity contribution is 6.30. The molecule has 1 N–H and O–H groups in total. The molecule has 2 aliphatic heterocycles. The van der Waals surface area contributed by atoms with Gasteiger partial charge in [-0.25, -0.2) is 4.39 Å². The van der Waals surface area contributed by atoms with Crippen molar-refractivity contribution in [1.82, 2.24) is 15.1 Å². The lowest BCUT2D eigenvalue weighted by molar-refractivity contribution is 0.0765. The van der Waals surface area contributed by atoms with Gasteiger partial charge in [-0.15, -0.1) is 0 Å². The van der Waals surface area contributed by atoms with Crippen molar-refractivity contribution in [2.45, 2.75) is 37.8 Å². The molecule has 2 aliphatic rings. The second-order valence-electron chi connectivity index (χ2n) is 6.97. The van der Waals surface area contributed by atoms with Gasteiger partial charge in [0, 0.05) is 24.2 Å². The zero-order valence-electron chi connectivity index (χ0n) is 14.1. The van der Waals surface area contributed by atoms with Crippen LogP contribution in [-0.4, -0.2) is 61.0 Å². The van der Waals surface area contributed by atoms with Gasteiger partial charge in [-0.05, 0) is 70.6 Å². The predicted octanol–water partition coefficient (Wildman–Crippen LogP) is 2.77. The summed E-state index contributed by atoms with van der Waals surface area (Å²) in [5.74, 6) is -0.776. The molecule has 1 aromatic rings. The van der Waals surface area contributed by atoms with E-state index in [4.69, 9.17) is 11.6 Å². The monoisotopic (exact) mass is 353 g/mol. The molecule has 132 valence electrons. The van der Waals surface area contributed by atoms with E-state index in [0.29, 0.717) is 11.6 Å². The molecule has 6 heteroatoms. The van der Waals surface area contributed by atoms with Crippen molar-refractivity contribution in [3.63, 3.8) is 0 Å². The van der Waals surface area contributed by atoms with E-state index in [-0.39, 0.29) is 17.0 Å². The molecule has 2 fully saturated rings. The van der Waals surface area contributed by atoms with Crippen molar-refractivity contribution >= 4 is 17.5 Å². The van der Waals surface area contributed by atoms with Gasteiger partial charge in [-0.3, -0.25) is 9.69 Å². The highest BCUT2D eigenvalue weighted by atomic mass is 35.5. The SMILES string of the molecule is CN1CCC(N2CCC[C@@H](NC(=O)c3ccc(Cl)c(F)c3)C2)CC1. The van der Waals surface area contributed by atoms with Crippen LogP contribution in [0.25, 0.3) is 0 Å². The molecule has 2 heterocycles. The van der Waals surface area contributed by atoms with Gasteiger partial charge in [0.2, 0.25) is 0 Å². The number of hydrogen-bond acceptors (Lipinski definition) is 3. The van der Waals surface area contributed by atoms with Gasteiger partial charge in [0.25, 0.3) is 5.91 Å². The van der Waals surface area contributed by atoms with E-state index < -0.39 is 5.82 Å². The van der Waals surface area contributed by atoms with Gasteiger partial charge in [-0.1, -0.05) is 11.6 Å². The standard InChI is InChI=1S/C18H25ClFN3O/c1-22-9-6-15(7-10-22)23-8-2-3-14(12-23)21-18(24)13-4-5-16(19)17(20)11-13/h4-5,11,14-15H,2-3,6-10,12H2,1H3,(H,21,24)/t14-/m1/s1. The third-order valence-electron chi connectivity index (χ3n) is 5.17. The molecule has 0 aliphatic carbocycles. The van der Waals surface area contributed by atoms with E-state index in [1.165, 1.54) is 25.0 Å². The third-order valence-corrected chi connectivity index (χ3v) is 5.48. The van der Waals surface area contributed by atoms with Gasteiger partial charge >= 0.3 is 0 Å². The van der Waals surface area contributed by atoms with Crippen LogP contribution >= 0.6 is 11.6 Å². The van der Waals surface area contributed by atoms with Crippen LogP contribution in [0.1, 0.15) is 36.0 Å². The molecule has 0 radical (unpaired) electrons. The van der Waals surface area contributed by atoms with Crippen LogP contribution in [0.15, 0.2) is 18.2 Å². The summed E-state index contributed by atoms with van der Waals surface area (Å²) >= 11 is 5.68. The number of halogens is 2. The molecule has 1 aromatic carbocycles. The Bertz CT molecular complexity index is 590. The topological polar surface area (TPSA) is 35.6 Å². The fraction of sp³-hybridized carbons (Fsp3) is 0.611. The molecule has 0 unspecified atom stereocenters. The molecule has 24 heavy (non-hydrogen) atoms. The van der Waals surface area contributed by atoms with E-state index in [9.17, 15) is 9.18 Å². The molecule has 4 nitrogen and oxygen atoms in total. The average molecular weight is 354 g/mol. The van der Waals surface area contributed by atoms with E-state index in [1.807, 2.05) is 0 Å². The fourth-order valence-electron chi connectivity index (χ4n) is 3.72. The first kappa shape index (κ1) is 17.6. The molecule has 3 rings (SSSR count). The summed E-state index contributed by atoms with van der Waals surface area (Å²) in [6.45, 7) is 4.27. The number of piperidine rings is 2. The van der Waals surface area contributed by atoms with Gasteiger partial charge in [0.15, 0.2) is 0 Å². The van der Waals surface area contributed by atoms with Crippen LogP contribution < -0.4 is 5.32 Å². The quantitative estimate of drug-likeness (QED) is 0.907. The van der Waals surface area contributed by atoms with Crippen LogP contribution in [0.3, 0.4) is 0 Å². The lowest BCUT2D eigenvalue weighted by Gasteiger charge is -2.41. The third kappa shape index (κ3) is 4.26. The smallest absolute Gasteiger partial charge is 0.251 e. The number of carbonyl (C=O) groups excluding carboxylic acids is 1. The Morgan fingerprint density at radius 1 is 1.25 bits per heavy atom. The Kier molecular flexibility index (Phi) is 5.74. The van der Waals surface area contributed by atoms with E-state index in [0.717, 1.165) is 39.0 Å². The first-order valence-electron chi connectivity index (χ1n) is 8.71. The Morgan fingerprint density at radius 3 is 2.71 bits per heavy atom. The minimum Gasteiger partial charge on any atom is -0.348 e. The van der Waals surface area contributed by atoms with Gasteiger partial charge in [0.05, 0.1) is 5.02 Å². The van der Waals surface area contributed by atoms with Crippen molar-refractivity contribution in [2.24, 2.45) is 0 Å². The zero-order valence-corrected chi connectivity index (χ0v) is 14.9. The molecule has 0 aromatic heterocycles. The van der Waals surface area contributed by atoms with Crippen LogP contribution in [0, 0.1) is 5.82 Å². The molecular weight excluding hydrogens is 329 g/mol. The van der Waals surface area contributed by atoms with Crippen LogP contribution in [-0.2, 0) is 0 Å². The van der Waals surface area contributed by atoms with Crippen molar-refractivity contribution in [3.05, 3.63) is 34.6 Å². The maximum Gasteiger partial charge on any atom is 0.251 e. The second-order valence-corrected chi connectivity index (χ2v) is 7.38. The van der Waals surface area contributed by atoms with Crippen molar-refractivity contribution in [3.8, 4) is 0 Å². The number of benzene rings is 1. The molecule has 0 bridgehead atoms. The van der Waals surface area contributed by atoms with E-state index >= 15 is 0 Å². The largest absolute Gasteiger partial charge is 0.348 e. The molecule has 0 spiro atoms. The summed E-state index contributed by atoms with van der Waals surface area (Å²) < 4.78 is 13.5. The highest BCUT2D eigenvalue weighted by Gasteiger charge is 2.28. The van der Waals surface area contributed by atoms with E-state index in [1.54, 1.807) is 6.07 Å². The van der Waals surface area contributed by atoms with Gasteiger partial charge in [0.1, 0.15) is 5.82 Å². The summed E-state index contributed by atoms with van der Waals surface area (Å²) in [6, 6.07) is 4.95. The number of likely N-dealkylation sites (tertiary alicyclic amines) is 2. The lowest BCUT2D eigenvalue weighted by Crippen LogP contribution is -2.53. The van der Waals surface area contributed by atoms with Gasteiger partial charge < -0.3 is 10.2 Å². The summed E-state index contributed by atoms with van der Waals surface area (Å²) in [4.78, 5) is 17.2. The molecular formula is C18H25ClFN3O. The summed E-state index contributed by atoms with van der Waals surface area (Å²) in [5, 5.41) is 3.10. The summed E-state index contributed by atoms with van der Waals surface area (Å²) in [5.41, 5.74) is 0.327. The first-order chi connectivity index (χ1) is 11.5. The maximum absolute atomic E-state index is 13.5. The number of rotatable bonds is 3. The molecule has 0 saturated carbocycles. The Morgan fingerprint density at radius 2 is 2.00 bits per heavy atom. The minimum atomic E-state index is -0.555. The van der Waals surface area contributed by atoms with Crippen molar-refractivity contribution < 1.29 is 9.18 Å². The van der Waals surface area contributed by atoms with Crippen molar-refractivity contribution in [1.29, 1.82) is 0 Å². The maximum atomic E-state index is 13.5. The number of nitrogens with one attached hydrogen (secondary N) is 1. The van der Waals surface area contributed by atoms with Crippen molar-refractivity contribution in [2.75, 3.05) is 33.2 Å². The Labute approximate surface area is 147 Å². The predicted molar refractivity (Wildman–Crippen MR) is 94.0 cm³/mol. The second kappa shape index (κ2) is 7.81. The lowest BCUT2D eigenvalue weighted by atomic mass is 9.98. The minimum absolute atomic E-state index is 0.0395. The zero-order chi connectivity index (χ0) is 17.1. The highest BCUT2D eigenvalue weighted by Crippen LogP contribution is 2.21. The van der Waals surface area contributed by atoms with Crippen LogP contribution in [0.5, 0.6) is 0 Å². The van der Waals surface area contributed by atoms with Gasteiger partial charge in [-0.2, -0.15) is 0 Å². The summed E-state index contributed by atoms with van der Waals surface area (Å²) in [6.07, 6.45) is 4.45. The summed E-state index contributed by atoms with van der Waals surface area (Å²) in [7, 11) is 2.17. The Hall–Kier alpha value is -1.17. The first-order valence-corrected chi connectivity index (χ1v) is 9.09. The average Bonchev–Trinajstić information content (AvgIpc) is 2.58. The van der Waals surface area contributed by atoms with E-state index in [2.05, 4.69) is 22.2 Å². The number of carbonyl (C=O) groups is 1. The number of amides is 1. The normalized spacial score (nSPS) is 24.0. The number of nitrogens with zero attached hydrogens (tertiary/aromatic N) is 2. The number of hydrogen-bond donors (Lipinski definition) is 1. The molecule has 1 atom stereocenters. The van der Waals surface area contributed by atoms with Crippen LogP contribution in [0.2, 0.25) is 5.02 Å². The molecule has 2 saturated heterocycles. The Balaban J connectivity index is 1.56. The molecule has 1 amide bonds. The van der Waals surface area contributed by atoms with Crippen LogP contribution in [0.4, 0.5) is 4.39 Å². The fourth-order valence-corrected chi connectivity index (χ4v) is 3.84.